The van der Waals surface area contributed by atoms with Crippen LogP contribution in [0.25, 0.3) is 0 Å². The lowest BCUT2D eigenvalue weighted by atomic mass is 10.2. The summed E-state index contributed by atoms with van der Waals surface area (Å²) in [6.07, 6.45) is 1.63. The van der Waals surface area contributed by atoms with E-state index >= 15 is 0 Å². The van der Waals surface area contributed by atoms with Crippen molar-refractivity contribution in [2.24, 2.45) is 5.10 Å². The van der Waals surface area contributed by atoms with Crippen LogP contribution in [0, 0.1) is 6.92 Å². The number of aromatic nitrogens is 3. The summed E-state index contributed by atoms with van der Waals surface area (Å²) in [6.45, 7) is 1.85. The Morgan fingerprint density at radius 3 is 2.46 bits per heavy atom. The molecular weight excluding hydrogens is 363 g/mol. The molecule has 24 heavy (non-hydrogen) atoms. The van der Waals surface area contributed by atoms with Gasteiger partial charge >= 0.3 is 0 Å². The topological polar surface area (TPSA) is 43.1 Å². The number of rotatable bonds is 5. The molecular formula is C17H14Cl2N4S. The predicted octanol–water partition coefficient (Wildman–Crippen LogP) is 5.07. The first-order chi connectivity index (χ1) is 11.6. The average molecular weight is 377 g/mol. The first kappa shape index (κ1) is 17.0. The largest absolute Gasteiger partial charge is 0.212 e. The molecule has 0 unspecified atom stereocenters. The number of hydrogen-bond acceptors (Lipinski definition) is 4. The zero-order chi connectivity index (χ0) is 16.9. The Bertz CT molecular complexity index is 842. The lowest BCUT2D eigenvalue weighted by Crippen LogP contribution is -1.97. The average Bonchev–Trinajstić information content (AvgIpc) is 2.94. The van der Waals surface area contributed by atoms with Crippen LogP contribution in [0.5, 0.6) is 0 Å². The van der Waals surface area contributed by atoms with Crippen molar-refractivity contribution in [3.8, 4) is 0 Å². The zero-order valence-corrected chi connectivity index (χ0v) is 15.2. The monoisotopic (exact) mass is 376 g/mol. The van der Waals surface area contributed by atoms with Crippen LogP contribution in [-0.2, 0) is 5.75 Å². The van der Waals surface area contributed by atoms with Crippen LogP contribution in [0.4, 0.5) is 0 Å². The summed E-state index contributed by atoms with van der Waals surface area (Å²) in [5.74, 6) is 1.49. The highest BCUT2D eigenvalue weighted by atomic mass is 35.5. The molecule has 0 bridgehead atoms. The molecule has 0 saturated heterocycles. The van der Waals surface area contributed by atoms with E-state index in [-0.39, 0.29) is 0 Å². The zero-order valence-electron chi connectivity index (χ0n) is 12.9. The Balaban J connectivity index is 1.81. The maximum atomic E-state index is 6.17. The number of aryl methyl sites for hydroxylation is 1. The van der Waals surface area contributed by atoms with Gasteiger partial charge in [-0.3, -0.25) is 0 Å². The Kier molecular flexibility index (Phi) is 5.56. The first-order valence-corrected chi connectivity index (χ1v) is 8.96. The highest BCUT2D eigenvalue weighted by Crippen LogP contribution is 2.24. The summed E-state index contributed by atoms with van der Waals surface area (Å²) in [5, 5.41) is 14.6. The predicted molar refractivity (Wildman–Crippen MR) is 100 cm³/mol. The van der Waals surface area contributed by atoms with Crippen LogP contribution in [0.3, 0.4) is 0 Å². The van der Waals surface area contributed by atoms with Crippen LogP contribution in [0.15, 0.2) is 58.8 Å². The Hall–Kier alpha value is -1.82. The second-order valence-electron chi connectivity index (χ2n) is 5.00. The van der Waals surface area contributed by atoms with E-state index in [4.69, 9.17) is 23.2 Å². The van der Waals surface area contributed by atoms with Gasteiger partial charge in [0.1, 0.15) is 0 Å². The Morgan fingerprint density at radius 2 is 1.75 bits per heavy atom. The minimum atomic E-state index is 0.551. The highest BCUT2D eigenvalue weighted by Gasteiger charge is 2.09. The van der Waals surface area contributed by atoms with Crippen LogP contribution in [0.2, 0.25) is 10.0 Å². The van der Waals surface area contributed by atoms with Gasteiger partial charge in [-0.1, -0.05) is 71.4 Å². The van der Waals surface area contributed by atoms with Crippen LogP contribution in [0.1, 0.15) is 17.0 Å². The molecule has 0 fully saturated rings. The van der Waals surface area contributed by atoms with Crippen LogP contribution in [-0.4, -0.2) is 21.1 Å². The van der Waals surface area contributed by atoms with Gasteiger partial charge in [0.25, 0.3) is 0 Å². The maximum Gasteiger partial charge on any atom is 0.212 e. The van der Waals surface area contributed by atoms with Crippen LogP contribution >= 0.6 is 35.0 Å². The van der Waals surface area contributed by atoms with Gasteiger partial charge in [0.15, 0.2) is 5.82 Å². The van der Waals surface area contributed by atoms with Gasteiger partial charge in [0.2, 0.25) is 5.16 Å². The Labute approximate surface area is 154 Å². The molecule has 3 aromatic rings. The molecule has 7 heteroatoms. The molecule has 122 valence electrons. The highest BCUT2D eigenvalue weighted by molar-refractivity contribution is 7.98. The van der Waals surface area contributed by atoms with Gasteiger partial charge in [0, 0.05) is 11.3 Å². The molecule has 1 aromatic heterocycles. The van der Waals surface area contributed by atoms with Gasteiger partial charge in [-0.05, 0) is 24.6 Å². The third-order valence-electron chi connectivity index (χ3n) is 3.28. The van der Waals surface area contributed by atoms with Gasteiger partial charge in [-0.25, -0.2) is 0 Å². The van der Waals surface area contributed by atoms with Gasteiger partial charge in [0.05, 0.1) is 16.3 Å². The lowest BCUT2D eigenvalue weighted by molar-refractivity contribution is 0.744. The molecule has 2 aromatic carbocycles. The van der Waals surface area contributed by atoms with E-state index in [1.165, 1.54) is 5.56 Å². The maximum absolute atomic E-state index is 6.17. The fourth-order valence-electron chi connectivity index (χ4n) is 2.03. The molecule has 0 aliphatic rings. The Morgan fingerprint density at radius 1 is 1.04 bits per heavy atom. The SMILES string of the molecule is Cc1nnc(SCc2ccccc2)n1/N=C/c1c(Cl)cccc1Cl. The van der Waals surface area contributed by atoms with Crippen molar-refractivity contribution >= 4 is 41.2 Å². The van der Waals surface area contributed by atoms with Crippen molar-refractivity contribution in [1.82, 2.24) is 14.9 Å². The minimum absolute atomic E-state index is 0.551. The molecule has 1 heterocycles. The molecule has 0 aliphatic heterocycles. The van der Waals surface area contributed by atoms with Gasteiger partial charge < -0.3 is 0 Å². The summed E-state index contributed by atoms with van der Waals surface area (Å²) in [6, 6.07) is 15.5. The molecule has 3 rings (SSSR count). The van der Waals surface area contributed by atoms with Crippen LogP contribution < -0.4 is 0 Å². The quantitative estimate of drug-likeness (QED) is 0.461. The standard InChI is InChI=1S/C17H14Cl2N4S/c1-12-21-22-17(24-11-13-6-3-2-4-7-13)23(12)20-10-14-15(18)8-5-9-16(14)19/h2-10H,11H2,1H3/b20-10+. The summed E-state index contributed by atoms with van der Waals surface area (Å²) >= 11 is 13.9. The smallest absolute Gasteiger partial charge is 0.192 e. The van der Waals surface area contributed by atoms with Crippen molar-refractivity contribution in [3.05, 3.63) is 75.5 Å². The molecule has 0 spiro atoms. The summed E-state index contributed by atoms with van der Waals surface area (Å²) in [7, 11) is 0. The van der Waals surface area contributed by atoms with E-state index in [2.05, 4.69) is 27.4 Å². The van der Waals surface area contributed by atoms with Crippen molar-refractivity contribution in [2.75, 3.05) is 0 Å². The first-order valence-electron chi connectivity index (χ1n) is 7.22. The van der Waals surface area contributed by atoms with Crippen molar-refractivity contribution in [3.63, 3.8) is 0 Å². The molecule has 0 aliphatic carbocycles. The summed E-state index contributed by atoms with van der Waals surface area (Å²) < 4.78 is 1.69. The van der Waals surface area contributed by atoms with Gasteiger partial charge in [-0.2, -0.15) is 9.78 Å². The van der Waals surface area contributed by atoms with E-state index in [1.807, 2.05) is 25.1 Å². The number of nitrogens with zero attached hydrogens (tertiary/aromatic N) is 4. The number of halogens is 2. The minimum Gasteiger partial charge on any atom is -0.192 e. The molecule has 4 nitrogen and oxygen atoms in total. The van der Waals surface area contributed by atoms with E-state index in [1.54, 1.807) is 40.9 Å². The molecule has 0 radical (unpaired) electrons. The van der Waals surface area contributed by atoms with E-state index in [0.717, 1.165) is 10.9 Å². The summed E-state index contributed by atoms with van der Waals surface area (Å²) in [5.41, 5.74) is 1.89. The number of benzene rings is 2. The molecule has 0 amide bonds. The summed E-state index contributed by atoms with van der Waals surface area (Å²) in [4.78, 5) is 0. The normalized spacial score (nSPS) is 11.3. The second kappa shape index (κ2) is 7.83. The molecule has 0 saturated carbocycles. The van der Waals surface area contributed by atoms with Crippen molar-refractivity contribution in [2.45, 2.75) is 17.8 Å². The van der Waals surface area contributed by atoms with E-state index in [0.29, 0.717) is 21.4 Å². The molecule has 0 atom stereocenters. The number of hydrogen-bond donors (Lipinski definition) is 0. The van der Waals surface area contributed by atoms with E-state index < -0.39 is 0 Å². The van der Waals surface area contributed by atoms with E-state index in [9.17, 15) is 0 Å². The number of thioether (sulfide) groups is 1. The third kappa shape index (κ3) is 3.98. The third-order valence-corrected chi connectivity index (χ3v) is 4.93. The molecule has 0 N–H and O–H groups in total. The van der Waals surface area contributed by atoms with Crippen molar-refractivity contribution < 1.29 is 0 Å². The van der Waals surface area contributed by atoms with Gasteiger partial charge in [-0.15, -0.1) is 10.2 Å². The fraction of sp³-hybridized carbons (Fsp3) is 0.118. The second-order valence-corrected chi connectivity index (χ2v) is 6.75. The lowest BCUT2D eigenvalue weighted by Gasteiger charge is -2.04. The van der Waals surface area contributed by atoms with Crippen molar-refractivity contribution in [1.29, 1.82) is 0 Å². The fourth-order valence-corrected chi connectivity index (χ4v) is 3.42.